The lowest BCUT2D eigenvalue weighted by Crippen LogP contribution is -2.32. The van der Waals surface area contributed by atoms with Crippen molar-refractivity contribution in [3.63, 3.8) is 0 Å². The second-order valence-electron chi connectivity index (χ2n) is 8.06. The number of carbonyl (C=O) groups is 1. The van der Waals surface area contributed by atoms with Crippen molar-refractivity contribution in [1.82, 2.24) is 5.32 Å². The molecule has 0 aromatic heterocycles. The van der Waals surface area contributed by atoms with Crippen molar-refractivity contribution in [3.05, 3.63) is 95.1 Å². The maximum Gasteiger partial charge on any atom is 0.251 e. The molecule has 30 heavy (non-hydrogen) atoms. The maximum atomic E-state index is 13.1. The summed E-state index contributed by atoms with van der Waals surface area (Å²) in [6.07, 6.45) is 3.23. The third-order valence-corrected chi connectivity index (χ3v) is 7.11. The monoisotopic (exact) mass is 414 g/mol. The highest BCUT2D eigenvalue weighted by molar-refractivity contribution is 7.99. The van der Waals surface area contributed by atoms with Crippen molar-refractivity contribution in [2.24, 2.45) is 0 Å². The predicted molar refractivity (Wildman–Crippen MR) is 124 cm³/mol. The average molecular weight is 415 g/mol. The Morgan fingerprint density at radius 2 is 1.87 bits per heavy atom. The fraction of sp³-hybridized carbons (Fsp3) is 0.269. The van der Waals surface area contributed by atoms with Crippen molar-refractivity contribution in [2.75, 3.05) is 17.2 Å². The Balaban J connectivity index is 1.37. The molecule has 1 amide bonds. The number of carbonyl (C=O) groups excluding carboxylic acids is 1. The lowest BCUT2D eigenvalue weighted by molar-refractivity contribution is 0.0932. The molecule has 1 N–H and O–H groups in total. The van der Waals surface area contributed by atoms with Crippen LogP contribution in [0.3, 0.4) is 0 Å². The van der Waals surface area contributed by atoms with Crippen LogP contribution in [0.25, 0.3) is 0 Å². The van der Waals surface area contributed by atoms with Gasteiger partial charge in [-0.15, -0.1) is 11.8 Å². The van der Waals surface area contributed by atoms with E-state index in [1.54, 1.807) is 0 Å². The number of rotatable bonds is 4. The Hall–Kier alpha value is -2.72. The number of hydrogen-bond donors (Lipinski definition) is 1. The van der Waals surface area contributed by atoms with Gasteiger partial charge in [0.15, 0.2) is 0 Å². The molecular weight excluding hydrogens is 388 g/mol. The molecule has 1 aliphatic heterocycles. The van der Waals surface area contributed by atoms with E-state index in [1.165, 1.54) is 27.3 Å². The maximum absolute atomic E-state index is 13.1. The third-order valence-electron chi connectivity index (χ3n) is 6.07. The molecule has 1 heterocycles. The number of benzene rings is 3. The molecule has 0 saturated heterocycles. The Morgan fingerprint density at radius 1 is 1.03 bits per heavy atom. The molecule has 3 aromatic rings. The molecule has 3 aromatic carbocycles. The highest BCUT2D eigenvalue weighted by Crippen LogP contribution is 2.36. The van der Waals surface area contributed by atoms with Gasteiger partial charge in [0, 0.05) is 29.3 Å². The first-order valence-corrected chi connectivity index (χ1v) is 11.7. The van der Waals surface area contributed by atoms with E-state index in [4.69, 9.17) is 0 Å². The van der Waals surface area contributed by atoms with E-state index in [-0.39, 0.29) is 11.9 Å². The topological polar surface area (TPSA) is 32.3 Å². The summed E-state index contributed by atoms with van der Waals surface area (Å²) < 4.78 is 0. The molecule has 152 valence electrons. The molecule has 0 bridgehead atoms. The van der Waals surface area contributed by atoms with Gasteiger partial charge in [0.2, 0.25) is 0 Å². The van der Waals surface area contributed by atoms with E-state index in [0.29, 0.717) is 0 Å². The summed E-state index contributed by atoms with van der Waals surface area (Å²) in [7, 11) is 0. The Morgan fingerprint density at radius 3 is 2.77 bits per heavy atom. The summed E-state index contributed by atoms with van der Waals surface area (Å²) in [6, 6.07) is 25.3. The van der Waals surface area contributed by atoms with Crippen LogP contribution in [0.1, 0.15) is 45.9 Å². The molecule has 4 heteroatoms. The van der Waals surface area contributed by atoms with Crippen LogP contribution in [0.4, 0.5) is 5.69 Å². The lowest BCUT2D eigenvalue weighted by atomic mass is 9.87. The smallest absolute Gasteiger partial charge is 0.251 e. The fourth-order valence-electron chi connectivity index (χ4n) is 4.53. The van der Waals surface area contributed by atoms with Gasteiger partial charge in [0.05, 0.1) is 11.7 Å². The minimum atomic E-state index is 0.0229. The van der Waals surface area contributed by atoms with Gasteiger partial charge in [-0.1, -0.05) is 54.6 Å². The molecule has 2 aliphatic rings. The summed E-state index contributed by atoms with van der Waals surface area (Å²) >= 11 is 1.88. The van der Waals surface area contributed by atoms with E-state index in [2.05, 4.69) is 76.9 Å². The zero-order chi connectivity index (χ0) is 20.3. The summed E-state index contributed by atoms with van der Waals surface area (Å²) in [4.78, 5) is 16.8. The predicted octanol–water partition coefficient (Wildman–Crippen LogP) is 5.61. The number of nitrogens with zero attached hydrogens (tertiary/aromatic N) is 1. The molecule has 1 atom stereocenters. The lowest BCUT2D eigenvalue weighted by Gasteiger charge is -2.31. The second-order valence-corrected chi connectivity index (χ2v) is 9.19. The number of anilines is 1. The van der Waals surface area contributed by atoms with Crippen molar-refractivity contribution < 1.29 is 4.79 Å². The summed E-state index contributed by atoms with van der Waals surface area (Å²) in [5.41, 5.74) is 5.86. The number of thioether (sulfide) groups is 1. The average Bonchev–Trinajstić information content (AvgIpc) is 2.80. The number of nitrogens with one attached hydrogen (secondary N) is 1. The summed E-state index contributed by atoms with van der Waals surface area (Å²) in [5, 5.41) is 3.30. The van der Waals surface area contributed by atoms with Gasteiger partial charge < -0.3 is 10.2 Å². The molecule has 0 saturated carbocycles. The quantitative estimate of drug-likeness (QED) is 0.603. The van der Waals surface area contributed by atoms with Gasteiger partial charge in [-0.3, -0.25) is 4.79 Å². The molecule has 0 fully saturated rings. The SMILES string of the molecule is O=C(NC1CCCc2ccccc21)c1ccc2c(c1)N(Cc1ccccc1)CCS2. The van der Waals surface area contributed by atoms with Gasteiger partial charge in [0.1, 0.15) is 0 Å². The van der Waals surface area contributed by atoms with Crippen molar-refractivity contribution in [2.45, 2.75) is 36.7 Å². The van der Waals surface area contributed by atoms with Crippen molar-refractivity contribution >= 4 is 23.4 Å². The highest BCUT2D eigenvalue weighted by Gasteiger charge is 2.24. The van der Waals surface area contributed by atoms with Crippen LogP contribution in [-0.2, 0) is 13.0 Å². The fourth-order valence-corrected chi connectivity index (χ4v) is 5.56. The second kappa shape index (κ2) is 8.57. The largest absolute Gasteiger partial charge is 0.365 e. The first kappa shape index (κ1) is 19.3. The molecule has 1 aliphatic carbocycles. The minimum absolute atomic E-state index is 0.0229. The van der Waals surface area contributed by atoms with Gasteiger partial charge in [-0.05, 0) is 54.2 Å². The van der Waals surface area contributed by atoms with Crippen LogP contribution in [0.5, 0.6) is 0 Å². The first-order valence-electron chi connectivity index (χ1n) is 10.7. The molecule has 1 unspecified atom stereocenters. The van der Waals surface area contributed by atoms with Crippen molar-refractivity contribution in [3.8, 4) is 0 Å². The van der Waals surface area contributed by atoms with Crippen LogP contribution in [0.15, 0.2) is 77.7 Å². The summed E-state index contributed by atoms with van der Waals surface area (Å²) in [5.74, 6) is 1.10. The Kier molecular flexibility index (Phi) is 5.50. The van der Waals surface area contributed by atoms with Crippen LogP contribution < -0.4 is 10.2 Å². The van der Waals surface area contributed by atoms with E-state index >= 15 is 0 Å². The molecular formula is C26H26N2OS. The number of hydrogen-bond acceptors (Lipinski definition) is 3. The highest BCUT2D eigenvalue weighted by atomic mass is 32.2. The van der Waals surface area contributed by atoms with E-state index in [0.717, 1.165) is 43.7 Å². The van der Waals surface area contributed by atoms with Crippen LogP contribution in [-0.4, -0.2) is 18.2 Å². The van der Waals surface area contributed by atoms with E-state index in [9.17, 15) is 4.79 Å². The minimum Gasteiger partial charge on any atom is -0.365 e. The zero-order valence-corrected chi connectivity index (χ0v) is 17.8. The summed E-state index contributed by atoms with van der Waals surface area (Å²) in [6.45, 7) is 1.86. The third kappa shape index (κ3) is 3.97. The number of aryl methyl sites for hydroxylation is 1. The Labute approximate surface area is 182 Å². The molecule has 3 nitrogen and oxygen atoms in total. The molecule has 0 spiro atoms. The standard InChI is InChI=1S/C26H26N2OS/c29-26(27-23-12-6-10-20-9-4-5-11-22(20)23)21-13-14-25-24(17-21)28(15-16-30-25)18-19-7-2-1-3-8-19/h1-5,7-9,11,13-14,17,23H,6,10,12,15-16,18H2,(H,27,29). The zero-order valence-electron chi connectivity index (χ0n) is 17.0. The molecule has 5 rings (SSSR count). The van der Waals surface area contributed by atoms with Crippen LogP contribution >= 0.6 is 11.8 Å². The van der Waals surface area contributed by atoms with Crippen LogP contribution in [0, 0.1) is 0 Å². The van der Waals surface area contributed by atoms with E-state index in [1.807, 2.05) is 17.8 Å². The van der Waals surface area contributed by atoms with Gasteiger partial charge >= 0.3 is 0 Å². The van der Waals surface area contributed by atoms with Crippen molar-refractivity contribution in [1.29, 1.82) is 0 Å². The first-order chi connectivity index (χ1) is 14.8. The van der Waals surface area contributed by atoms with Crippen LogP contribution in [0.2, 0.25) is 0 Å². The number of amides is 1. The molecule has 0 radical (unpaired) electrons. The van der Waals surface area contributed by atoms with Gasteiger partial charge in [-0.2, -0.15) is 0 Å². The normalized spacial score (nSPS) is 17.7. The van der Waals surface area contributed by atoms with Gasteiger partial charge in [0.25, 0.3) is 5.91 Å². The number of fused-ring (bicyclic) bond motifs is 2. The van der Waals surface area contributed by atoms with E-state index < -0.39 is 0 Å². The Bertz CT molecular complexity index is 1050. The van der Waals surface area contributed by atoms with Gasteiger partial charge in [-0.25, -0.2) is 0 Å².